The Labute approximate surface area is 134 Å². The van der Waals surface area contributed by atoms with Crippen molar-refractivity contribution in [2.75, 3.05) is 0 Å². The van der Waals surface area contributed by atoms with Gasteiger partial charge in [-0.3, -0.25) is 4.79 Å². The van der Waals surface area contributed by atoms with Crippen LogP contribution in [-0.4, -0.2) is 5.97 Å². The molecule has 2 heteroatoms. The first-order chi connectivity index (χ1) is 10.4. The number of rotatable bonds is 5. The number of benzene rings is 1. The van der Waals surface area contributed by atoms with Crippen LogP contribution in [0, 0.1) is 5.41 Å². The third-order valence-corrected chi connectivity index (χ3v) is 5.03. The Balaban J connectivity index is 2.35. The SMILES string of the molecule is C=Cc1cccc(C2(OC(=O)C(C)(C)CC)CCCCC2)c1. The second-order valence-corrected chi connectivity index (χ2v) is 7.01. The molecule has 0 heterocycles. The van der Waals surface area contributed by atoms with E-state index in [-0.39, 0.29) is 5.97 Å². The van der Waals surface area contributed by atoms with Crippen LogP contribution in [0.4, 0.5) is 0 Å². The van der Waals surface area contributed by atoms with Gasteiger partial charge in [-0.05, 0) is 63.1 Å². The Morgan fingerprint density at radius 1 is 1.32 bits per heavy atom. The summed E-state index contributed by atoms with van der Waals surface area (Å²) >= 11 is 0. The highest BCUT2D eigenvalue weighted by molar-refractivity contribution is 5.76. The highest BCUT2D eigenvalue weighted by Gasteiger charge is 2.41. The van der Waals surface area contributed by atoms with Gasteiger partial charge >= 0.3 is 5.97 Å². The van der Waals surface area contributed by atoms with Gasteiger partial charge in [0.05, 0.1) is 5.41 Å². The number of hydrogen-bond acceptors (Lipinski definition) is 2. The van der Waals surface area contributed by atoms with Gasteiger partial charge in [-0.1, -0.05) is 44.2 Å². The van der Waals surface area contributed by atoms with Gasteiger partial charge < -0.3 is 4.74 Å². The van der Waals surface area contributed by atoms with Crippen LogP contribution in [0.3, 0.4) is 0 Å². The molecule has 0 radical (unpaired) electrons. The van der Waals surface area contributed by atoms with E-state index in [0.29, 0.717) is 0 Å². The summed E-state index contributed by atoms with van der Waals surface area (Å²) in [5, 5.41) is 0. The zero-order chi connectivity index (χ0) is 16.2. The summed E-state index contributed by atoms with van der Waals surface area (Å²) in [6.07, 6.45) is 7.90. The molecule has 0 spiro atoms. The first-order valence-corrected chi connectivity index (χ1v) is 8.40. The van der Waals surface area contributed by atoms with E-state index in [1.165, 1.54) is 6.42 Å². The smallest absolute Gasteiger partial charge is 0.312 e. The Morgan fingerprint density at radius 3 is 2.59 bits per heavy atom. The van der Waals surface area contributed by atoms with Crippen molar-refractivity contribution in [3.05, 3.63) is 42.0 Å². The summed E-state index contributed by atoms with van der Waals surface area (Å²) in [4.78, 5) is 12.7. The van der Waals surface area contributed by atoms with Crippen LogP contribution in [0.1, 0.15) is 70.4 Å². The van der Waals surface area contributed by atoms with Crippen LogP contribution in [0.25, 0.3) is 6.08 Å². The maximum atomic E-state index is 12.7. The van der Waals surface area contributed by atoms with Crippen LogP contribution in [0.15, 0.2) is 30.8 Å². The summed E-state index contributed by atoms with van der Waals surface area (Å²) in [5.74, 6) is -0.0825. The molecule has 2 nitrogen and oxygen atoms in total. The molecule has 0 aromatic heterocycles. The molecule has 22 heavy (non-hydrogen) atoms. The Bertz CT molecular complexity index is 536. The van der Waals surface area contributed by atoms with Gasteiger partial charge in [-0.25, -0.2) is 0 Å². The van der Waals surface area contributed by atoms with Crippen molar-refractivity contribution in [3.8, 4) is 0 Å². The molecule has 2 rings (SSSR count). The quantitative estimate of drug-likeness (QED) is 0.674. The number of ether oxygens (including phenoxy) is 1. The van der Waals surface area contributed by atoms with Gasteiger partial charge in [0.2, 0.25) is 0 Å². The highest BCUT2D eigenvalue weighted by atomic mass is 16.6. The average molecular weight is 300 g/mol. The van der Waals surface area contributed by atoms with Gasteiger partial charge in [0, 0.05) is 0 Å². The number of esters is 1. The van der Waals surface area contributed by atoms with Gasteiger partial charge in [0.25, 0.3) is 0 Å². The molecule has 0 aliphatic heterocycles. The van der Waals surface area contributed by atoms with E-state index in [1.54, 1.807) is 0 Å². The zero-order valence-electron chi connectivity index (χ0n) is 14.2. The molecule has 120 valence electrons. The lowest BCUT2D eigenvalue weighted by Gasteiger charge is -2.39. The monoisotopic (exact) mass is 300 g/mol. The fraction of sp³-hybridized carbons (Fsp3) is 0.550. The molecule has 1 aromatic carbocycles. The molecule has 1 aromatic rings. The molecule has 0 unspecified atom stereocenters. The second-order valence-electron chi connectivity index (χ2n) is 7.01. The van der Waals surface area contributed by atoms with Gasteiger partial charge in [-0.2, -0.15) is 0 Å². The lowest BCUT2D eigenvalue weighted by molar-refractivity contribution is -0.176. The van der Waals surface area contributed by atoms with Crippen molar-refractivity contribution < 1.29 is 9.53 Å². The fourth-order valence-corrected chi connectivity index (χ4v) is 2.98. The fourth-order valence-electron chi connectivity index (χ4n) is 2.98. The third-order valence-electron chi connectivity index (χ3n) is 5.03. The van der Waals surface area contributed by atoms with Crippen LogP contribution < -0.4 is 0 Å². The van der Waals surface area contributed by atoms with E-state index in [1.807, 2.05) is 39.0 Å². The summed E-state index contributed by atoms with van der Waals surface area (Å²) in [6.45, 7) is 9.81. The lowest BCUT2D eigenvalue weighted by atomic mass is 9.78. The van der Waals surface area contributed by atoms with E-state index < -0.39 is 11.0 Å². The summed E-state index contributed by atoms with van der Waals surface area (Å²) in [6, 6.07) is 8.27. The minimum atomic E-state index is -0.458. The van der Waals surface area contributed by atoms with Gasteiger partial charge in [0.15, 0.2) is 0 Å². The molecule has 1 aliphatic rings. The largest absolute Gasteiger partial charge is 0.454 e. The van der Waals surface area contributed by atoms with Gasteiger partial charge in [0.1, 0.15) is 5.60 Å². The molecule has 0 N–H and O–H groups in total. The maximum absolute atomic E-state index is 12.7. The molecule has 0 atom stereocenters. The molecular weight excluding hydrogens is 272 g/mol. The minimum absolute atomic E-state index is 0.0825. The summed E-state index contributed by atoms with van der Waals surface area (Å²) in [5.41, 5.74) is 1.31. The number of carbonyl (C=O) groups is 1. The van der Waals surface area contributed by atoms with Crippen molar-refractivity contribution in [2.24, 2.45) is 5.41 Å². The van der Waals surface area contributed by atoms with Crippen molar-refractivity contribution in [3.63, 3.8) is 0 Å². The molecule has 1 saturated carbocycles. The van der Waals surface area contributed by atoms with E-state index in [2.05, 4.69) is 18.7 Å². The van der Waals surface area contributed by atoms with E-state index in [4.69, 9.17) is 4.74 Å². The summed E-state index contributed by atoms with van der Waals surface area (Å²) < 4.78 is 6.15. The summed E-state index contributed by atoms with van der Waals surface area (Å²) in [7, 11) is 0. The molecule has 1 fully saturated rings. The van der Waals surface area contributed by atoms with Crippen molar-refractivity contribution in [2.45, 2.75) is 64.9 Å². The van der Waals surface area contributed by atoms with Crippen LogP contribution in [0.5, 0.6) is 0 Å². The average Bonchev–Trinajstić information content (AvgIpc) is 2.55. The molecule has 1 aliphatic carbocycles. The number of carbonyl (C=O) groups excluding carboxylic acids is 1. The standard InChI is InChI=1S/C20H28O2/c1-5-16-11-10-12-17(15-16)20(13-8-7-9-14-20)22-18(21)19(3,4)6-2/h5,10-12,15H,1,6-9,13-14H2,2-4H3. The molecule has 0 bridgehead atoms. The maximum Gasteiger partial charge on any atom is 0.312 e. The Hall–Kier alpha value is -1.57. The predicted molar refractivity (Wildman–Crippen MR) is 91.5 cm³/mol. The van der Waals surface area contributed by atoms with Crippen molar-refractivity contribution in [1.29, 1.82) is 0 Å². The number of hydrogen-bond donors (Lipinski definition) is 0. The van der Waals surface area contributed by atoms with Crippen LogP contribution in [-0.2, 0) is 15.1 Å². The van der Waals surface area contributed by atoms with E-state index in [0.717, 1.165) is 43.2 Å². The predicted octanol–water partition coefficient (Wildman–Crippen LogP) is 5.47. The zero-order valence-corrected chi connectivity index (χ0v) is 14.2. The molecular formula is C20H28O2. The second kappa shape index (κ2) is 6.68. The van der Waals surface area contributed by atoms with Crippen molar-refractivity contribution >= 4 is 12.0 Å². The first-order valence-electron chi connectivity index (χ1n) is 8.40. The van der Waals surface area contributed by atoms with Crippen LogP contribution in [0.2, 0.25) is 0 Å². The molecule has 0 saturated heterocycles. The van der Waals surface area contributed by atoms with E-state index >= 15 is 0 Å². The third kappa shape index (κ3) is 3.43. The highest BCUT2D eigenvalue weighted by Crippen LogP contribution is 2.42. The Kier molecular flexibility index (Phi) is 5.10. The van der Waals surface area contributed by atoms with Crippen molar-refractivity contribution in [1.82, 2.24) is 0 Å². The first kappa shape index (κ1) is 16.8. The minimum Gasteiger partial charge on any atom is -0.454 e. The lowest BCUT2D eigenvalue weighted by Crippen LogP contribution is -2.39. The van der Waals surface area contributed by atoms with E-state index in [9.17, 15) is 4.79 Å². The normalized spacial score (nSPS) is 17.8. The topological polar surface area (TPSA) is 26.3 Å². The van der Waals surface area contributed by atoms with Crippen LogP contribution >= 0.6 is 0 Å². The Morgan fingerprint density at radius 2 is 2.00 bits per heavy atom. The molecule has 0 amide bonds. The van der Waals surface area contributed by atoms with Gasteiger partial charge in [-0.15, -0.1) is 0 Å².